The Hall–Kier alpha value is -1.68. The van der Waals surface area contributed by atoms with Gasteiger partial charge in [-0.15, -0.1) is 0 Å². The van der Waals surface area contributed by atoms with Crippen LogP contribution in [0.4, 0.5) is 10.1 Å². The van der Waals surface area contributed by atoms with Crippen molar-refractivity contribution in [3.05, 3.63) is 35.8 Å². The molecular weight excluding hydrogens is 181 g/mol. The molecule has 0 aliphatic heterocycles. The van der Waals surface area contributed by atoms with Crippen LogP contribution in [0.2, 0.25) is 0 Å². The minimum atomic E-state index is -0.370. The summed E-state index contributed by atoms with van der Waals surface area (Å²) in [4.78, 5) is 4.08. The summed E-state index contributed by atoms with van der Waals surface area (Å²) < 4.78 is 13.4. The molecule has 0 unspecified atom stereocenters. The van der Waals surface area contributed by atoms with Gasteiger partial charge in [-0.1, -0.05) is 6.07 Å². The first-order chi connectivity index (χ1) is 6.74. The van der Waals surface area contributed by atoms with E-state index in [4.69, 9.17) is 11.5 Å². The molecule has 1 aromatic carbocycles. The maximum absolute atomic E-state index is 13.4. The second-order valence-corrected chi connectivity index (χ2v) is 3.03. The van der Waals surface area contributed by atoms with Crippen LogP contribution in [0.5, 0.6) is 0 Å². The number of hydrogen-bond donors (Lipinski definition) is 2. The molecule has 0 fully saturated rings. The lowest BCUT2D eigenvalue weighted by atomic mass is 10.1. The van der Waals surface area contributed by atoms with Gasteiger partial charge >= 0.3 is 0 Å². The Balaban J connectivity index is 2.90. The molecule has 4 heteroatoms. The minimum Gasteiger partial charge on any atom is -0.397 e. The van der Waals surface area contributed by atoms with Crippen molar-refractivity contribution in [2.24, 2.45) is 5.73 Å². The molecule has 0 aliphatic carbocycles. The monoisotopic (exact) mass is 191 g/mol. The molecule has 0 amide bonds. The fraction of sp³-hybridized carbons (Fsp3) is 0.100. The molecule has 14 heavy (non-hydrogen) atoms. The average Bonchev–Trinajstić information content (AvgIpc) is 2.18. The van der Waals surface area contributed by atoms with Gasteiger partial charge in [0.2, 0.25) is 0 Å². The zero-order valence-corrected chi connectivity index (χ0v) is 7.50. The number of nitrogens with two attached hydrogens (primary N) is 2. The summed E-state index contributed by atoms with van der Waals surface area (Å²) in [5, 5.41) is 0.688. The van der Waals surface area contributed by atoms with Crippen LogP contribution in [-0.4, -0.2) is 4.98 Å². The highest BCUT2D eigenvalue weighted by molar-refractivity contribution is 5.91. The quantitative estimate of drug-likeness (QED) is 0.670. The summed E-state index contributed by atoms with van der Waals surface area (Å²) >= 11 is 0. The van der Waals surface area contributed by atoms with Crippen molar-refractivity contribution in [3.63, 3.8) is 0 Å². The molecule has 2 rings (SSSR count). The van der Waals surface area contributed by atoms with Crippen LogP contribution in [0, 0.1) is 5.82 Å². The van der Waals surface area contributed by atoms with Gasteiger partial charge in [0, 0.05) is 23.7 Å². The third-order valence-corrected chi connectivity index (χ3v) is 2.18. The second kappa shape index (κ2) is 3.23. The summed E-state index contributed by atoms with van der Waals surface area (Å²) in [6.07, 6.45) is 1.62. The van der Waals surface area contributed by atoms with E-state index in [9.17, 15) is 4.39 Å². The van der Waals surface area contributed by atoms with Gasteiger partial charge in [0.15, 0.2) is 0 Å². The highest BCUT2D eigenvalue weighted by atomic mass is 19.1. The highest BCUT2D eigenvalue weighted by Crippen LogP contribution is 2.24. The number of nitrogens with zero attached hydrogens (tertiary/aromatic N) is 1. The molecule has 0 radical (unpaired) electrons. The molecule has 4 N–H and O–H groups in total. The van der Waals surface area contributed by atoms with Gasteiger partial charge in [-0.25, -0.2) is 4.39 Å². The van der Waals surface area contributed by atoms with Crippen molar-refractivity contribution in [1.82, 2.24) is 4.98 Å². The molecule has 72 valence electrons. The normalized spacial score (nSPS) is 10.7. The third-order valence-electron chi connectivity index (χ3n) is 2.18. The number of fused-ring (bicyclic) bond motifs is 1. The number of rotatable bonds is 1. The molecule has 0 spiro atoms. The molecule has 0 atom stereocenters. The van der Waals surface area contributed by atoms with Crippen LogP contribution in [0.1, 0.15) is 5.56 Å². The molecule has 3 nitrogen and oxygen atoms in total. The van der Waals surface area contributed by atoms with Crippen molar-refractivity contribution >= 4 is 16.6 Å². The van der Waals surface area contributed by atoms with E-state index in [1.807, 2.05) is 0 Å². The summed E-state index contributed by atoms with van der Waals surface area (Å²) in [5.41, 5.74) is 12.5. The van der Waals surface area contributed by atoms with Crippen molar-refractivity contribution < 1.29 is 4.39 Å². The van der Waals surface area contributed by atoms with Crippen LogP contribution in [-0.2, 0) is 6.54 Å². The number of nitrogen functional groups attached to an aromatic ring is 1. The zero-order valence-electron chi connectivity index (χ0n) is 7.50. The number of halogens is 1. The number of hydrogen-bond acceptors (Lipinski definition) is 3. The Morgan fingerprint density at radius 3 is 2.93 bits per heavy atom. The lowest BCUT2D eigenvalue weighted by Gasteiger charge is -2.07. The summed E-state index contributed by atoms with van der Waals surface area (Å²) in [7, 11) is 0. The van der Waals surface area contributed by atoms with Gasteiger partial charge in [0.05, 0.1) is 11.2 Å². The number of anilines is 1. The number of aromatic nitrogens is 1. The van der Waals surface area contributed by atoms with E-state index in [2.05, 4.69) is 4.98 Å². The molecule has 0 aliphatic rings. The fourth-order valence-electron chi connectivity index (χ4n) is 1.51. The van der Waals surface area contributed by atoms with Crippen molar-refractivity contribution in [3.8, 4) is 0 Å². The predicted octanol–water partition coefficient (Wildman–Crippen LogP) is 1.41. The van der Waals surface area contributed by atoms with E-state index >= 15 is 0 Å². The summed E-state index contributed by atoms with van der Waals surface area (Å²) in [5.74, 6) is -0.370. The van der Waals surface area contributed by atoms with Crippen LogP contribution in [0.3, 0.4) is 0 Å². The SMILES string of the molecule is NCc1c(F)cc(N)c2ncccc12. The van der Waals surface area contributed by atoms with Crippen molar-refractivity contribution in [2.45, 2.75) is 6.54 Å². The standard InChI is InChI=1S/C10H10FN3/c11-8-4-9(13)10-6(7(8)5-12)2-1-3-14-10/h1-4H,5,12-13H2. The molecule has 1 aromatic heterocycles. The van der Waals surface area contributed by atoms with E-state index in [0.29, 0.717) is 22.2 Å². The van der Waals surface area contributed by atoms with Gasteiger partial charge in [0.1, 0.15) is 5.82 Å². The average molecular weight is 191 g/mol. The maximum Gasteiger partial charge on any atom is 0.130 e. The highest BCUT2D eigenvalue weighted by Gasteiger charge is 2.09. The third kappa shape index (κ3) is 1.20. The van der Waals surface area contributed by atoms with E-state index in [1.165, 1.54) is 6.07 Å². The van der Waals surface area contributed by atoms with Gasteiger partial charge in [-0.2, -0.15) is 0 Å². The Bertz CT molecular complexity index is 482. The van der Waals surface area contributed by atoms with Crippen LogP contribution in [0.25, 0.3) is 10.9 Å². The summed E-state index contributed by atoms with van der Waals surface area (Å²) in [6.45, 7) is 0.147. The van der Waals surface area contributed by atoms with Crippen LogP contribution in [0.15, 0.2) is 24.4 Å². The summed E-state index contributed by atoms with van der Waals surface area (Å²) in [6, 6.07) is 4.77. The lowest BCUT2D eigenvalue weighted by molar-refractivity contribution is 0.614. The number of pyridine rings is 1. The topological polar surface area (TPSA) is 64.9 Å². The molecule has 1 heterocycles. The largest absolute Gasteiger partial charge is 0.397 e. The Morgan fingerprint density at radius 1 is 1.43 bits per heavy atom. The van der Waals surface area contributed by atoms with Gasteiger partial charge in [-0.3, -0.25) is 4.98 Å². The second-order valence-electron chi connectivity index (χ2n) is 3.03. The van der Waals surface area contributed by atoms with E-state index in [0.717, 1.165) is 0 Å². The van der Waals surface area contributed by atoms with E-state index < -0.39 is 0 Å². The fourth-order valence-corrected chi connectivity index (χ4v) is 1.51. The van der Waals surface area contributed by atoms with Gasteiger partial charge in [-0.05, 0) is 12.1 Å². The molecule has 0 bridgehead atoms. The first-order valence-corrected chi connectivity index (χ1v) is 4.25. The van der Waals surface area contributed by atoms with Crippen LogP contribution >= 0.6 is 0 Å². The van der Waals surface area contributed by atoms with Crippen molar-refractivity contribution in [1.29, 1.82) is 0 Å². The number of benzene rings is 1. The Kier molecular flexibility index (Phi) is 2.05. The Morgan fingerprint density at radius 2 is 2.21 bits per heavy atom. The van der Waals surface area contributed by atoms with Crippen molar-refractivity contribution in [2.75, 3.05) is 5.73 Å². The van der Waals surface area contributed by atoms with E-state index in [1.54, 1.807) is 18.3 Å². The minimum absolute atomic E-state index is 0.147. The first kappa shape index (κ1) is 8.90. The molecule has 2 aromatic rings. The maximum atomic E-state index is 13.4. The van der Waals surface area contributed by atoms with Crippen LogP contribution < -0.4 is 11.5 Å². The Labute approximate surface area is 80.5 Å². The first-order valence-electron chi connectivity index (χ1n) is 4.25. The predicted molar refractivity (Wildman–Crippen MR) is 54.0 cm³/mol. The van der Waals surface area contributed by atoms with Gasteiger partial charge in [0.25, 0.3) is 0 Å². The molecule has 0 saturated heterocycles. The zero-order chi connectivity index (χ0) is 10.1. The molecular formula is C10H10FN3. The lowest BCUT2D eigenvalue weighted by Crippen LogP contribution is -2.03. The molecule has 0 saturated carbocycles. The van der Waals surface area contributed by atoms with Gasteiger partial charge < -0.3 is 11.5 Å². The van der Waals surface area contributed by atoms with E-state index in [-0.39, 0.29) is 12.4 Å². The smallest absolute Gasteiger partial charge is 0.130 e.